The summed E-state index contributed by atoms with van der Waals surface area (Å²) < 4.78 is 0. The fourth-order valence-corrected chi connectivity index (χ4v) is 3.12. The highest BCUT2D eigenvalue weighted by molar-refractivity contribution is 6.30. The zero-order valence-electron chi connectivity index (χ0n) is 12.7. The van der Waals surface area contributed by atoms with Crippen LogP contribution in [-0.4, -0.2) is 30.6 Å². The van der Waals surface area contributed by atoms with Crippen molar-refractivity contribution in [1.82, 2.24) is 10.2 Å². The zero-order chi connectivity index (χ0) is 14.4. The van der Waals surface area contributed by atoms with Gasteiger partial charge in [-0.15, -0.1) is 0 Å². The van der Waals surface area contributed by atoms with Gasteiger partial charge in [0.2, 0.25) is 0 Å². The second-order valence-corrected chi connectivity index (χ2v) is 6.74. The molecule has 0 aromatic heterocycles. The number of halogens is 1. The van der Waals surface area contributed by atoms with E-state index in [1.165, 1.54) is 31.4 Å². The molecule has 0 radical (unpaired) electrons. The summed E-state index contributed by atoms with van der Waals surface area (Å²) >= 11 is 6.09. The van der Waals surface area contributed by atoms with E-state index in [-0.39, 0.29) is 0 Å². The van der Waals surface area contributed by atoms with Gasteiger partial charge in [0, 0.05) is 24.2 Å². The van der Waals surface area contributed by atoms with Crippen LogP contribution in [0.2, 0.25) is 5.02 Å². The molecule has 1 atom stereocenters. The van der Waals surface area contributed by atoms with Gasteiger partial charge in [0.15, 0.2) is 0 Å². The first kappa shape index (κ1) is 15.8. The maximum atomic E-state index is 6.09. The second kappa shape index (κ2) is 8.02. The summed E-state index contributed by atoms with van der Waals surface area (Å²) in [4.78, 5) is 2.61. The van der Waals surface area contributed by atoms with Crippen molar-refractivity contribution in [1.29, 1.82) is 0 Å². The van der Waals surface area contributed by atoms with Crippen molar-refractivity contribution in [2.75, 3.05) is 19.6 Å². The Morgan fingerprint density at radius 1 is 1.35 bits per heavy atom. The number of hydrogen-bond donors (Lipinski definition) is 1. The summed E-state index contributed by atoms with van der Waals surface area (Å²) in [5, 5.41) is 4.46. The van der Waals surface area contributed by atoms with E-state index in [4.69, 9.17) is 11.6 Å². The van der Waals surface area contributed by atoms with Crippen molar-refractivity contribution in [3.05, 3.63) is 34.9 Å². The molecule has 0 amide bonds. The van der Waals surface area contributed by atoms with E-state index in [9.17, 15) is 0 Å². The summed E-state index contributed by atoms with van der Waals surface area (Å²) in [6, 6.07) is 8.94. The lowest BCUT2D eigenvalue weighted by Gasteiger charge is -2.36. The second-order valence-electron chi connectivity index (χ2n) is 6.30. The third-order valence-corrected chi connectivity index (χ3v) is 4.19. The Bertz CT molecular complexity index is 406. The van der Waals surface area contributed by atoms with E-state index in [1.807, 2.05) is 12.1 Å². The molecule has 1 aromatic rings. The minimum atomic E-state index is 0.668. The van der Waals surface area contributed by atoms with Gasteiger partial charge in [0.1, 0.15) is 0 Å². The van der Waals surface area contributed by atoms with Crippen LogP contribution < -0.4 is 5.32 Å². The Balaban J connectivity index is 1.89. The monoisotopic (exact) mass is 294 g/mol. The molecule has 1 saturated heterocycles. The predicted molar refractivity (Wildman–Crippen MR) is 87.2 cm³/mol. The topological polar surface area (TPSA) is 15.3 Å². The third-order valence-electron chi connectivity index (χ3n) is 3.96. The van der Waals surface area contributed by atoms with Crippen molar-refractivity contribution < 1.29 is 0 Å². The van der Waals surface area contributed by atoms with E-state index in [0.29, 0.717) is 6.04 Å². The fraction of sp³-hybridized carbons (Fsp3) is 0.647. The van der Waals surface area contributed by atoms with Crippen LogP contribution >= 0.6 is 11.6 Å². The number of rotatable bonds is 6. The van der Waals surface area contributed by atoms with Crippen molar-refractivity contribution in [3.63, 3.8) is 0 Å². The number of nitrogens with zero attached hydrogens (tertiary/aromatic N) is 1. The maximum absolute atomic E-state index is 6.09. The van der Waals surface area contributed by atoms with Crippen molar-refractivity contribution >= 4 is 11.6 Å². The van der Waals surface area contributed by atoms with Crippen LogP contribution in [-0.2, 0) is 6.54 Å². The van der Waals surface area contributed by atoms with Crippen molar-refractivity contribution in [2.45, 2.75) is 45.7 Å². The standard InChI is InChI=1S/C17H27ClN2/c1-14(2)11-19-12-17-8-3-4-9-20(17)13-15-6-5-7-16(18)10-15/h5-7,10,14,17,19H,3-4,8-9,11-13H2,1-2H3. The lowest BCUT2D eigenvalue weighted by Crippen LogP contribution is -2.45. The van der Waals surface area contributed by atoms with Crippen LogP contribution in [0.4, 0.5) is 0 Å². The fourth-order valence-electron chi connectivity index (χ4n) is 2.91. The molecule has 0 spiro atoms. The Morgan fingerprint density at radius 2 is 2.20 bits per heavy atom. The molecule has 0 saturated carbocycles. The van der Waals surface area contributed by atoms with E-state index in [1.54, 1.807) is 0 Å². The molecule has 112 valence electrons. The van der Waals surface area contributed by atoms with Crippen LogP contribution in [0.1, 0.15) is 38.7 Å². The molecule has 1 unspecified atom stereocenters. The molecule has 0 bridgehead atoms. The molecule has 1 N–H and O–H groups in total. The van der Waals surface area contributed by atoms with Crippen LogP contribution in [0.3, 0.4) is 0 Å². The van der Waals surface area contributed by atoms with Gasteiger partial charge in [0.25, 0.3) is 0 Å². The molecule has 20 heavy (non-hydrogen) atoms. The first-order valence-electron chi connectivity index (χ1n) is 7.84. The highest BCUT2D eigenvalue weighted by atomic mass is 35.5. The molecule has 3 heteroatoms. The highest BCUT2D eigenvalue weighted by Gasteiger charge is 2.22. The molecule has 1 aromatic carbocycles. The first-order chi connectivity index (χ1) is 9.65. The largest absolute Gasteiger partial charge is 0.315 e. The number of benzene rings is 1. The molecular formula is C17H27ClN2. The van der Waals surface area contributed by atoms with Gasteiger partial charge < -0.3 is 5.32 Å². The van der Waals surface area contributed by atoms with Crippen LogP contribution in [0, 0.1) is 5.92 Å². The minimum absolute atomic E-state index is 0.668. The molecule has 2 rings (SSSR count). The van der Waals surface area contributed by atoms with Gasteiger partial charge in [-0.25, -0.2) is 0 Å². The summed E-state index contributed by atoms with van der Waals surface area (Å²) in [7, 11) is 0. The van der Waals surface area contributed by atoms with Gasteiger partial charge in [-0.3, -0.25) is 4.90 Å². The summed E-state index contributed by atoms with van der Waals surface area (Å²) in [5.41, 5.74) is 1.33. The van der Waals surface area contributed by atoms with Gasteiger partial charge in [-0.05, 0) is 49.5 Å². The molecule has 1 heterocycles. The molecule has 1 fully saturated rings. The number of piperidine rings is 1. The Labute approximate surface area is 128 Å². The van der Waals surface area contributed by atoms with Gasteiger partial charge in [-0.2, -0.15) is 0 Å². The molecule has 0 aliphatic carbocycles. The highest BCUT2D eigenvalue weighted by Crippen LogP contribution is 2.20. The quantitative estimate of drug-likeness (QED) is 0.855. The van der Waals surface area contributed by atoms with Crippen LogP contribution in [0.15, 0.2) is 24.3 Å². The molecule has 1 aliphatic rings. The van der Waals surface area contributed by atoms with Crippen molar-refractivity contribution in [2.24, 2.45) is 5.92 Å². The molecular weight excluding hydrogens is 268 g/mol. The lowest BCUT2D eigenvalue weighted by atomic mass is 10.0. The molecule has 2 nitrogen and oxygen atoms in total. The van der Waals surface area contributed by atoms with E-state index >= 15 is 0 Å². The SMILES string of the molecule is CC(C)CNCC1CCCCN1Cc1cccc(Cl)c1. The van der Waals surface area contributed by atoms with E-state index in [2.05, 4.69) is 36.2 Å². The number of nitrogens with one attached hydrogen (secondary N) is 1. The van der Waals surface area contributed by atoms with Crippen molar-refractivity contribution in [3.8, 4) is 0 Å². The van der Waals surface area contributed by atoms with Gasteiger partial charge in [0.05, 0.1) is 0 Å². The van der Waals surface area contributed by atoms with Gasteiger partial charge >= 0.3 is 0 Å². The number of likely N-dealkylation sites (tertiary alicyclic amines) is 1. The summed E-state index contributed by atoms with van der Waals surface area (Å²) in [6.45, 7) is 8.98. The third kappa shape index (κ3) is 5.08. The lowest BCUT2D eigenvalue weighted by molar-refractivity contribution is 0.137. The Kier molecular flexibility index (Phi) is 6.34. The maximum Gasteiger partial charge on any atom is 0.0409 e. The Hall–Kier alpha value is -0.570. The Morgan fingerprint density at radius 3 is 2.95 bits per heavy atom. The average molecular weight is 295 g/mol. The van der Waals surface area contributed by atoms with Gasteiger partial charge in [-0.1, -0.05) is 44.0 Å². The number of hydrogen-bond acceptors (Lipinski definition) is 2. The average Bonchev–Trinajstić information content (AvgIpc) is 2.40. The summed E-state index contributed by atoms with van der Waals surface area (Å²) in [5.74, 6) is 0.722. The first-order valence-corrected chi connectivity index (χ1v) is 8.22. The zero-order valence-corrected chi connectivity index (χ0v) is 13.5. The van der Waals surface area contributed by atoms with Crippen LogP contribution in [0.5, 0.6) is 0 Å². The minimum Gasteiger partial charge on any atom is -0.315 e. The normalized spacial score (nSPS) is 20.5. The molecule has 1 aliphatic heterocycles. The predicted octanol–water partition coefficient (Wildman–Crippen LogP) is 3.94. The summed E-state index contributed by atoms with van der Waals surface area (Å²) in [6.07, 6.45) is 3.99. The van der Waals surface area contributed by atoms with E-state index in [0.717, 1.165) is 30.6 Å². The smallest absolute Gasteiger partial charge is 0.0409 e. The van der Waals surface area contributed by atoms with Crippen LogP contribution in [0.25, 0.3) is 0 Å². The van der Waals surface area contributed by atoms with E-state index < -0.39 is 0 Å².